The number of hydrogen-bond acceptors (Lipinski definition) is 3. The minimum absolute atomic E-state index is 0.547. The molecule has 0 heterocycles. The minimum atomic E-state index is -2.99. The molecule has 0 radical (unpaired) electrons. The number of rotatable bonds is 8. The van der Waals surface area contributed by atoms with Gasteiger partial charge in [-0.3, -0.25) is 0 Å². The van der Waals surface area contributed by atoms with Crippen LogP contribution in [0.1, 0.15) is 49.9 Å². The van der Waals surface area contributed by atoms with Crippen molar-refractivity contribution in [3.05, 3.63) is 46.2 Å². The second-order valence-electron chi connectivity index (χ2n) is 5.44. The molecule has 0 N–H and O–H groups in total. The van der Waals surface area contributed by atoms with E-state index in [-0.39, 0.29) is 0 Å². The zero-order valence-corrected chi connectivity index (χ0v) is 16.6. The third-order valence-electron chi connectivity index (χ3n) is 3.52. The quantitative estimate of drug-likeness (QED) is 0.507. The summed E-state index contributed by atoms with van der Waals surface area (Å²) in [5, 5.41) is 0.931. The number of aryl methyl sites for hydroxylation is 3. The molecule has 0 aliphatic heterocycles. The molecule has 0 amide bonds. The van der Waals surface area contributed by atoms with Crippen molar-refractivity contribution in [2.45, 2.75) is 48.5 Å². The van der Waals surface area contributed by atoms with E-state index in [2.05, 4.69) is 38.6 Å². The Bertz CT molecular complexity index is 546. The smallest absolute Gasteiger partial charge is 0.370 e. The molecule has 128 valence electrons. The van der Waals surface area contributed by atoms with Crippen molar-refractivity contribution in [3.63, 3.8) is 0 Å². The van der Waals surface area contributed by atoms with E-state index >= 15 is 0 Å². The molecule has 23 heavy (non-hydrogen) atoms. The van der Waals surface area contributed by atoms with Gasteiger partial charge >= 0.3 is 8.80 Å². The molecule has 0 spiro atoms. The molecular formula is C19H30O3Si. The van der Waals surface area contributed by atoms with Gasteiger partial charge in [0.25, 0.3) is 0 Å². The van der Waals surface area contributed by atoms with Crippen LogP contribution in [0.15, 0.2) is 23.9 Å². The van der Waals surface area contributed by atoms with E-state index in [1.807, 2.05) is 33.8 Å². The van der Waals surface area contributed by atoms with E-state index in [0.29, 0.717) is 19.8 Å². The molecule has 0 fully saturated rings. The van der Waals surface area contributed by atoms with Crippen molar-refractivity contribution < 1.29 is 13.3 Å². The summed E-state index contributed by atoms with van der Waals surface area (Å²) in [6.45, 7) is 15.9. The molecule has 1 rings (SSSR count). The Kier molecular flexibility index (Phi) is 7.96. The Morgan fingerprint density at radius 3 is 1.74 bits per heavy atom. The predicted octanol–water partition coefficient (Wildman–Crippen LogP) is 4.76. The van der Waals surface area contributed by atoms with Gasteiger partial charge in [-0.15, -0.1) is 5.73 Å². The highest BCUT2D eigenvalue weighted by Crippen LogP contribution is 2.33. The number of benzene rings is 1. The zero-order chi connectivity index (χ0) is 17.5. The summed E-state index contributed by atoms with van der Waals surface area (Å²) in [6, 6.07) is 4.37. The van der Waals surface area contributed by atoms with Gasteiger partial charge in [-0.2, -0.15) is 0 Å². The SMILES string of the molecule is CC=C=C(c1c(C)cc(C)cc1C)[Si](OCC)(OCC)OCC. The van der Waals surface area contributed by atoms with E-state index in [1.54, 1.807) is 0 Å². The van der Waals surface area contributed by atoms with E-state index in [9.17, 15) is 0 Å². The van der Waals surface area contributed by atoms with Gasteiger partial charge in [0.05, 0.1) is 5.20 Å². The van der Waals surface area contributed by atoms with E-state index in [4.69, 9.17) is 13.3 Å². The van der Waals surface area contributed by atoms with E-state index in [1.165, 1.54) is 16.7 Å². The average molecular weight is 335 g/mol. The molecule has 1 aromatic carbocycles. The van der Waals surface area contributed by atoms with Crippen LogP contribution in [0.25, 0.3) is 5.20 Å². The van der Waals surface area contributed by atoms with Gasteiger partial charge in [-0.1, -0.05) is 17.7 Å². The molecule has 0 bridgehead atoms. The van der Waals surface area contributed by atoms with Crippen molar-refractivity contribution in [3.8, 4) is 0 Å². The highest BCUT2D eigenvalue weighted by molar-refractivity contribution is 6.81. The lowest BCUT2D eigenvalue weighted by molar-refractivity contribution is 0.0871. The lowest BCUT2D eigenvalue weighted by Crippen LogP contribution is -2.47. The second-order valence-corrected chi connectivity index (χ2v) is 7.92. The van der Waals surface area contributed by atoms with Crippen LogP contribution in [-0.4, -0.2) is 28.6 Å². The molecule has 0 saturated heterocycles. The lowest BCUT2D eigenvalue weighted by Gasteiger charge is -2.31. The Hall–Kier alpha value is -1.16. The Labute approximate surface area is 142 Å². The van der Waals surface area contributed by atoms with Crippen LogP contribution in [0.4, 0.5) is 0 Å². The largest absolute Gasteiger partial charge is 0.545 e. The first-order valence-electron chi connectivity index (χ1n) is 8.37. The summed E-state index contributed by atoms with van der Waals surface area (Å²) in [6.07, 6.45) is 1.91. The molecule has 0 unspecified atom stereocenters. The molecule has 0 aliphatic carbocycles. The van der Waals surface area contributed by atoms with Gasteiger partial charge in [-0.25, -0.2) is 0 Å². The summed E-state index contributed by atoms with van der Waals surface area (Å²) in [7, 11) is -2.99. The molecule has 1 aromatic rings. The standard InChI is InChI=1S/C19H30O3Si/c1-8-12-18(19-16(6)13-15(5)14-17(19)7)23(20-9-2,21-10-3)22-11-4/h8,13-14H,9-11H2,1-7H3. The normalized spacial score (nSPS) is 11.3. The van der Waals surface area contributed by atoms with Crippen LogP contribution in [0.3, 0.4) is 0 Å². The van der Waals surface area contributed by atoms with Gasteiger partial charge in [0.15, 0.2) is 0 Å². The van der Waals surface area contributed by atoms with E-state index < -0.39 is 8.80 Å². The summed E-state index contributed by atoms with van der Waals surface area (Å²) in [5.41, 5.74) is 8.15. The zero-order valence-electron chi connectivity index (χ0n) is 15.6. The highest BCUT2D eigenvalue weighted by Gasteiger charge is 2.47. The molecule has 0 aromatic heterocycles. The molecule has 0 aliphatic rings. The molecule has 0 saturated carbocycles. The minimum Gasteiger partial charge on any atom is -0.370 e. The first-order chi connectivity index (χ1) is 11.0. The van der Waals surface area contributed by atoms with Gasteiger partial charge < -0.3 is 13.3 Å². The monoisotopic (exact) mass is 334 g/mol. The van der Waals surface area contributed by atoms with Gasteiger partial charge in [0.1, 0.15) is 0 Å². The molecular weight excluding hydrogens is 304 g/mol. The summed E-state index contributed by atoms with van der Waals surface area (Å²) >= 11 is 0. The van der Waals surface area contributed by atoms with Crippen LogP contribution in [-0.2, 0) is 13.3 Å². The van der Waals surface area contributed by atoms with Crippen molar-refractivity contribution in [2.24, 2.45) is 0 Å². The predicted molar refractivity (Wildman–Crippen MR) is 98.4 cm³/mol. The van der Waals surface area contributed by atoms with Crippen LogP contribution >= 0.6 is 0 Å². The van der Waals surface area contributed by atoms with E-state index in [0.717, 1.165) is 10.8 Å². The van der Waals surface area contributed by atoms with Gasteiger partial charge in [-0.05, 0) is 71.2 Å². The number of hydrogen-bond donors (Lipinski definition) is 0. The maximum atomic E-state index is 6.09. The number of allylic oxidation sites excluding steroid dienone is 1. The lowest BCUT2D eigenvalue weighted by atomic mass is 9.99. The van der Waals surface area contributed by atoms with Crippen LogP contribution in [0, 0.1) is 20.8 Å². The highest BCUT2D eigenvalue weighted by atomic mass is 28.4. The van der Waals surface area contributed by atoms with Crippen molar-refractivity contribution >= 4 is 14.0 Å². The van der Waals surface area contributed by atoms with Gasteiger partial charge in [0, 0.05) is 19.8 Å². The Morgan fingerprint density at radius 1 is 0.957 bits per heavy atom. The average Bonchev–Trinajstić information content (AvgIpc) is 2.46. The first-order valence-corrected chi connectivity index (χ1v) is 10.1. The maximum absolute atomic E-state index is 6.09. The molecule has 4 heteroatoms. The second kappa shape index (κ2) is 9.21. The summed E-state index contributed by atoms with van der Waals surface area (Å²) in [4.78, 5) is 0. The van der Waals surface area contributed by atoms with Crippen molar-refractivity contribution in [1.82, 2.24) is 0 Å². The summed E-state index contributed by atoms with van der Waals surface area (Å²) < 4.78 is 18.3. The molecule has 0 atom stereocenters. The topological polar surface area (TPSA) is 27.7 Å². The molecule has 3 nitrogen and oxygen atoms in total. The Balaban J connectivity index is 3.64. The summed E-state index contributed by atoms with van der Waals surface area (Å²) in [5.74, 6) is 0. The fourth-order valence-corrected chi connectivity index (χ4v) is 5.79. The third kappa shape index (κ3) is 4.66. The fourth-order valence-electron chi connectivity index (χ4n) is 2.94. The van der Waals surface area contributed by atoms with Crippen LogP contribution in [0.5, 0.6) is 0 Å². The third-order valence-corrected chi connectivity index (χ3v) is 6.54. The maximum Gasteiger partial charge on any atom is 0.545 e. The van der Waals surface area contributed by atoms with Crippen molar-refractivity contribution in [2.75, 3.05) is 19.8 Å². The fraction of sp³-hybridized carbons (Fsp3) is 0.526. The van der Waals surface area contributed by atoms with Gasteiger partial charge in [0.2, 0.25) is 0 Å². The van der Waals surface area contributed by atoms with Crippen molar-refractivity contribution in [1.29, 1.82) is 0 Å². The Morgan fingerprint density at radius 2 is 1.39 bits per heavy atom. The van der Waals surface area contributed by atoms with Crippen LogP contribution < -0.4 is 0 Å². The van der Waals surface area contributed by atoms with Crippen LogP contribution in [0.2, 0.25) is 0 Å². The first kappa shape index (κ1) is 19.9.